The minimum Gasteiger partial charge on any atom is -0.332 e. The van der Waals surface area contributed by atoms with E-state index in [1.165, 1.54) is 6.20 Å². The van der Waals surface area contributed by atoms with Crippen LogP contribution in [0.5, 0.6) is 0 Å². The number of aryl methyl sites for hydroxylation is 1. The minimum atomic E-state index is -3.51. The summed E-state index contributed by atoms with van der Waals surface area (Å²) in [6.07, 6.45) is 3.41. The monoisotopic (exact) mass is 302 g/mol. The van der Waals surface area contributed by atoms with Crippen LogP contribution in [0, 0.1) is 12.8 Å². The Balaban J connectivity index is 2.77. The highest BCUT2D eigenvalue weighted by Crippen LogP contribution is 2.17. The van der Waals surface area contributed by atoms with E-state index >= 15 is 0 Å². The Kier molecular flexibility index (Phi) is 6.16. The lowest BCUT2D eigenvalue weighted by molar-refractivity contribution is 0.201. The van der Waals surface area contributed by atoms with Gasteiger partial charge < -0.3 is 9.88 Å². The van der Waals surface area contributed by atoms with Crippen LogP contribution in [-0.4, -0.2) is 50.0 Å². The van der Waals surface area contributed by atoms with Crippen LogP contribution in [0.1, 0.15) is 32.5 Å². The molecule has 2 N–H and O–H groups in total. The van der Waals surface area contributed by atoms with Crippen molar-refractivity contribution >= 4 is 10.0 Å². The number of rotatable bonds is 8. The highest BCUT2D eigenvalue weighted by molar-refractivity contribution is 7.89. The van der Waals surface area contributed by atoms with Crippen molar-refractivity contribution in [3.63, 3.8) is 0 Å². The summed E-state index contributed by atoms with van der Waals surface area (Å²) >= 11 is 0. The molecule has 1 rings (SSSR count). The molecule has 1 aromatic heterocycles. The Labute approximate surface area is 122 Å². The lowest BCUT2D eigenvalue weighted by atomic mass is 9.93. The lowest BCUT2D eigenvalue weighted by Crippen LogP contribution is -2.44. The van der Waals surface area contributed by atoms with E-state index in [0.717, 1.165) is 12.8 Å². The van der Waals surface area contributed by atoms with Gasteiger partial charge in [0.15, 0.2) is 5.03 Å². The second kappa shape index (κ2) is 7.19. The molecule has 0 saturated heterocycles. The number of nitrogens with zero attached hydrogens (tertiary/aromatic N) is 2. The molecule has 1 aromatic rings. The van der Waals surface area contributed by atoms with Crippen molar-refractivity contribution in [1.82, 2.24) is 19.6 Å². The molecular weight excluding hydrogens is 276 g/mol. The SMILES string of the molecule is CCC(CC)C(CNS(=O)(=O)c1cnc(C)[nH]1)N(C)C. The summed E-state index contributed by atoms with van der Waals surface area (Å²) in [4.78, 5) is 8.76. The van der Waals surface area contributed by atoms with Crippen molar-refractivity contribution in [1.29, 1.82) is 0 Å². The fourth-order valence-electron chi connectivity index (χ4n) is 2.41. The van der Waals surface area contributed by atoms with E-state index < -0.39 is 10.0 Å². The summed E-state index contributed by atoms with van der Waals surface area (Å²) in [6.45, 7) is 6.40. The van der Waals surface area contributed by atoms with E-state index in [4.69, 9.17) is 0 Å². The first-order valence-corrected chi connectivity index (χ1v) is 8.47. The lowest BCUT2D eigenvalue weighted by Gasteiger charge is -2.31. The van der Waals surface area contributed by atoms with E-state index in [-0.39, 0.29) is 11.1 Å². The van der Waals surface area contributed by atoms with Gasteiger partial charge in [-0.3, -0.25) is 0 Å². The van der Waals surface area contributed by atoms with Gasteiger partial charge in [0.05, 0.1) is 6.20 Å². The number of aromatic nitrogens is 2. The van der Waals surface area contributed by atoms with Crippen LogP contribution in [0.4, 0.5) is 0 Å². The first kappa shape index (κ1) is 17.1. The minimum absolute atomic E-state index is 0.122. The van der Waals surface area contributed by atoms with Crippen molar-refractivity contribution in [2.24, 2.45) is 5.92 Å². The highest BCUT2D eigenvalue weighted by Gasteiger charge is 2.24. The smallest absolute Gasteiger partial charge is 0.257 e. The quantitative estimate of drug-likeness (QED) is 0.760. The van der Waals surface area contributed by atoms with Gasteiger partial charge in [-0.25, -0.2) is 18.1 Å². The highest BCUT2D eigenvalue weighted by atomic mass is 32.2. The van der Waals surface area contributed by atoms with Crippen LogP contribution in [0.2, 0.25) is 0 Å². The molecule has 1 unspecified atom stereocenters. The second-order valence-corrected chi connectivity index (χ2v) is 7.03. The zero-order valence-corrected chi connectivity index (χ0v) is 13.8. The Bertz CT molecular complexity index is 506. The van der Waals surface area contributed by atoms with Gasteiger partial charge in [0.2, 0.25) is 0 Å². The van der Waals surface area contributed by atoms with Crippen molar-refractivity contribution in [2.75, 3.05) is 20.6 Å². The fourth-order valence-corrected chi connectivity index (χ4v) is 3.43. The summed E-state index contributed by atoms with van der Waals surface area (Å²) in [5, 5.41) is 0.122. The third-order valence-corrected chi connectivity index (χ3v) is 5.04. The first-order chi connectivity index (χ1) is 9.31. The van der Waals surface area contributed by atoms with Crippen LogP contribution in [-0.2, 0) is 10.0 Å². The van der Waals surface area contributed by atoms with Crippen LogP contribution in [0.3, 0.4) is 0 Å². The number of aromatic amines is 1. The van der Waals surface area contributed by atoms with Gasteiger partial charge in [-0.1, -0.05) is 26.7 Å². The van der Waals surface area contributed by atoms with Gasteiger partial charge in [0.25, 0.3) is 10.0 Å². The van der Waals surface area contributed by atoms with Crippen molar-refractivity contribution < 1.29 is 8.42 Å². The van der Waals surface area contributed by atoms with E-state index in [1.807, 2.05) is 14.1 Å². The number of H-pyrrole nitrogens is 1. The standard InChI is InChI=1S/C13H26N4O2S/c1-6-11(7-2)12(17(4)5)8-15-20(18,19)13-9-14-10(3)16-13/h9,11-12,15H,6-8H2,1-5H3,(H,14,16). The predicted octanol–water partition coefficient (Wildman–Crippen LogP) is 1.36. The van der Waals surface area contributed by atoms with E-state index in [9.17, 15) is 8.42 Å². The van der Waals surface area contributed by atoms with Gasteiger partial charge >= 0.3 is 0 Å². The number of hydrogen-bond donors (Lipinski definition) is 2. The second-order valence-electron chi connectivity index (χ2n) is 5.29. The largest absolute Gasteiger partial charge is 0.332 e. The van der Waals surface area contributed by atoms with Crippen LogP contribution in [0.15, 0.2) is 11.2 Å². The molecule has 1 heterocycles. The summed E-state index contributed by atoms with van der Waals surface area (Å²) in [7, 11) is 0.455. The maximum atomic E-state index is 12.2. The maximum absolute atomic E-state index is 12.2. The average molecular weight is 302 g/mol. The maximum Gasteiger partial charge on any atom is 0.257 e. The summed E-state index contributed by atoms with van der Waals surface area (Å²) in [5.74, 6) is 1.06. The number of likely N-dealkylation sites (N-methyl/N-ethyl adjacent to an activating group) is 1. The molecule has 0 aliphatic rings. The first-order valence-electron chi connectivity index (χ1n) is 6.99. The van der Waals surface area contributed by atoms with Crippen molar-refractivity contribution in [3.8, 4) is 0 Å². The topological polar surface area (TPSA) is 78.1 Å². The molecule has 1 atom stereocenters. The fraction of sp³-hybridized carbons (Fsp3) is 0.769. The van der Waals surface area contributed by atoms with Gasteiger partial charge in [0.1, 0.15) is 5.82 Å². The Morgan fingerprint density at radius 2 is 1.95 bits per heavy atom. The summed E-state index contributed by atoms with van der Waals surface area (Å²) < 4.78 is 27.0. The summed E-state index contributed by atoms with van der Waals surface area (Å²) in [5.41, 5.74) is 0. The van der Waals surface area contributed by atoms with Gasteiger partial charge in [-0.05, 0) is 26.9 Å². The van der Waals surface area contributed by atoms with Crippen molar-refractivity contribution in [2.45, 2.75) is 44.7 Å². The number of nitrogens with one attached hydrogen (secondary N) is 2. The molecule has 116 valence electrons. The van der Waals surface area contributed by atoms with Crippen molar-refractivity contribution in [3.05, 3.63) is 12.0 Å². The molecule has 0 aliphatic heterocycles. The number of hydrogen-bond acceptors (Lipinski definition) is 4. The zero-order chi connectivity index (χ0) is 15.3. The van der Waals surface area contributed by atoms with Crippen LogP contribution in [0.25, 0.3) is 0 Å². The third-order valence-electron chi connectivity index (χ3n) is 3.71. The number of imidazole rings is 1. The van der Waals surface area contributed by atoms with Gasteiger partial charge in [-0.15, -0.1) is 0 Å². The van der Waals surface area contributed by atoms with E-state index in [2.05, 4.69) is 33.4 Å². The Hall–Kier alpha value is -0.920. The van der Waals surface area contributed by atoms with E-state index in [1.54, 1.807) is 6.92 Å². The van der Waals surface area contributed by atoms with Gasteiger partial charge in [-0.2, -0.15) is 0 Å². The predicted molar refractivity (Wildman–Crippen MR) is 80.1 cm³/mol. The molecule has 6 nitrogen and oxygen atoms in total. The molecule has 0 bridgehead atoms. The normalized spacial score (nSPS) is 14.2. The molecule has 7 heteroatoms. The molecule has 0 aromatic carbocycles. The van der Waals surface area contributed by atoms with Crippen LogP contribution < -0.4 is 4.72 Å². The molecule has 0 spiro atoms. The van der Waals surface area contributed by atoms with Gasteiger partial charge in [0, 0.05) is 12.6 Å². The average Bonchev–Trinajstić information content (AvgIpc) is 2.81. The molecule has 20 heavy (non-hydrogen) atoms. The Morgan fingerprint density at radius 1 is 1.35 bits per heavy atom. The molecule has 0 radical (unpaired) electrons. The zero-order valence-electron chi connectivity index (χ0n) is 13.0. The third kappa shape index (κ3) is 4.29. The Morgan fingerprint density at radius 3 is 2.35 bits per heavy atom. The summed E-state index contributed by atoms with van der Waals surface area (Å²) in [6, 6.07) is 0.184. The molecule has 0 amide bonds. The molecule has 0 aliphatic carbocycles. The molecular formula is C13H26N4O2S. The van der Waals surface area contributed by atoms with Crippen LogP contribution >= 0.6 is 0 Å². The molecule has 0 fully saturated rings. The van der Waals surface area contributed by atoms with E-state index in [0.29, 0.717) is 18.3 Å². The molecule has 0 saturated carbocycles. The number of sulfonamides is 1.